The van der Waals surface area contributed by atoms with Crippen LogP contribution in [0.3, 0.4) is 0 Å². The van der Waals surface area contributed by atoms with Crippen LogP contribution < -0.4 is 11.5 Å². The number of alkyl halides is 6. The van der Waals surface area contributed by atoms with Gasteiger partial charge < -0.3 is 11.5 Å². The average molecular weight is 444 g/mol. The van der Waals surface area contributed by atoms with Crippen molar-refractivity contribution in [2.75, 3.05) is 11.5 Å². The van der Waals surface area contributed by atoms with Crippen molar-refractivity contribution in [2.45, 2.75) is 19.3 Å². The van der Waals surface area contributed by atoms with Gasteiger partial charge in [-0.15, -0.1) is 0 Å². The maximum absolute atomic E-state index is 12.1. The van der Waals surface area contributed by atoms with Crippen molar-refractivity contribution in [1.29, 1.82) is 0 Å². The number of rotatable bonds is 0. The number of aromatic nitrogens is 4. The summed E-state index contributed by atoms with van der Waals surface area (Å²) in [6, 6.07) is 0. The number of nitrogen functional groups attached to an aromatic ring is 2. The summed E-state index contributed by atoms with van der Waals surface area (Å²) >= 11 is 15.9. The molecule has 2 rings (SSSR count). The first-order chi connectivity index (χ1) is 11.6. The second-order valence-corrected chi connectivity index (χ2v) is 5.45. The molecule has 144 valence electrons. The predicted octanol–water partition coefficient (Wildman–Crippen LogP) is 4.42. The lowest BCUT2D eigenvalue weighted by Gasteiger charge is -2.07. The molecule has 0 aromatic carbocycles. The second-order valence-electron chi connectivity index (χ2n) is 4.38. The smallest absolute Gasteiger partial charge is 0.395 e. The number of anilines is 2. The summed E-state index contributed by atoms with van der Waals surface area (Å²) in [5.41, 5.74) is 10.1. The van der Waals surface area contributed by atoms with E-state index in [9.17, 15) is 26.3 Å². The van der Waals surface area contributed by atoms with Crippen molar-refractivity contribution >= 4 is 46.2 Å². The summed E-state index contributed by atoms with van der Waals surface area (Å²) in [6.45, 7) is 1.33. The molecule has 0 aliphatic heterocycles. The van der Waals surface area contributed by atoms with Gasteiger partial charge in [-0.05, 0) is 6.92 Å². The van der Waals surface area contributed by atoms with Crippen LogP contribution in [-0.2, 0) is 12.4 Å². The fourth-order valence-corrected chi connectivity index (χ4v) is 1.82. The first-order valence-electron chi connectivity index (χ1n) is 6.07. The summed E-state index contributed by atoms with van der Waals surface area (Å²) in [7, 11) is 0. The fourth-order valence-electron chi connectivity index (χ4n) is 1.22. The molecule has 4 N–H and O–H groups in total. The van der Waals surface area contributed by atoms with E-state index in [1.54, 1.807) is 0 Å². The van der Waals surface area contributed by atoms with Gasteiger partial charge in [0.25, 0.3) is 0 Å². The minimum Gasteiger partial charge on any atom is -0.395 e. The predicted molar refractivity (Wildman–Crippen MR) is 82.7 cm³/mol. The minimum absolute atomic E-state index is 0.0207. The molecule has 0 unspecified atom stereocenters. The van der Waals surface area contributed by atoms with E-state index in [0.29, 0.717) is 0 Å². The first kappa shape index (κ1) is 22.3. The Morgan fingerprint density at radius 3 is 1.27 bits per heavy atom. The van der Waals surface area contributed by atoms with Crippen molar-refractivity contribution in [1.82, 2.24) is 19.9 Å². The number of nitrogens with two attached hydrogens (primary N) is 2. The Kier molecular flexibility index (Phi) is 6.71. The van der Waals surface area contributed by atoms with E-state index in [0.717, 1.165) is 0 Å². The highest BCUT2D eigenvalue weighted by molar-refractivity contribution is 6.37. The maximum Gasteiger partial charge on any atom is 0.451 e. The average Bonchev–Trinajstić information content (AvgIpc) is 2.48. The highest BCUT2D eigenvalue weighted by Gasteiger charge is 2.36. The Morgan fingerprint density at radius 1 is 0.654 bits per heavy atom. The van der Waals surface area contributed by atoms with Crippen LogP contribution in [0.2, 0.25) is 15.5 Å². The van der Waals surface area contributed by atoms with Gasteiger partial charge in [0.1, 0.15) is 5.69 Å². The quantitative estimate of drug-likeness (QED) is 0.461. The monoisotopic (exact) mass is 442 g/mol. The van der Waals surface area contributed by atoms with E-state index in [4.69, 9.17) is 46.3 Å². The van der Waals surface area contributed by atoms with Crippen molar-refractivity contribution in [3.05, 3.63) is 32.8 Å². The third kappa shape index (κ3) is 5.61. The van der Waals surface area contributed by atoms with Gasteiger partial charge in [-0.3, -0.25) is 0 Å². The number of halogens is 9. The van der Waals surface area contributed by atoms with Crippen LogP contribution in [0.25, 0.3) is 0 Å². The molecule has 0 bridgehead atoms. The molecule has 6 nitrogen and oxygen atoms in total. The van der Waals surface area contributed by atoms with Gasteiger partial charge in [0.05, 0.1) is 11.4 Å². The molecule has 2 aromatic rings. The van der Waals surface area contributed by atoms with E-state index in [1.807, 2.05) is 0 Å². The molecule has 0 saturated heterocycles. The van der Waals surface area contributed by atoms with E-state index in [1.165, 1.54) is 6.92 Å². The molecule has 0 spiro atoms. The molecule has 26 heavy (non-hydrogen) atoms. The normalized spacial score (nSPS) is 11.8. The zero-order valence-corrected chi connectivity index (χ0v) is 14.6. The van der Waals surface area contributed by atoms with E-state index in [-0.39, 0.29) is 22.2 Å². The Labute approximate surface area is 156 Å². The van der Waals surface area contributed by atoms with Crippen LogP contribution >= 0.6 is 34.8 Å². The number of hydrogen-bond donors (Lipinski definition) is 2. The minimum atomic E-state index is -4.68. The van der Waals surface area contributed by atoms with Gasteiger partial charge in [0, 0.05) is 0 Å². The molecular formula is C11H7Cl3F6N6. The third-order valence-electron chi connectivity index (χ3n) is 2.45. The molecule has 0 radical (unpaired) electrons. The summed E-state index contributed by atoms with van der Waals surface area (Å²) < 4.78 is 72.2. The van der Waals surface area contributed by atoms with Crippen LogP contribution in [0.5, 0.6) is 0 Å². The summed E-state index contributed by atoms with van der Waals surface area (Å²) in [5.74, 6) is -2.68. The van der Waals surface area contributed by atoms with Crippen molar-refractivity contribution in [3.8, 4) is 0 Å². The van der Waals surface area contributed by atoms with Crippen LogP contribution in [0.1, 0.15) is 17.3 Å². The summed E-state index contributed by atoms with van der Waals surface area (Å²) in [5, 5.41) is -1.39. The highest BCUT2D eigenvalue weighted by Crippen LogP contribution is 2.31. The Bertz CT molecular complexity index is 696. The van der Waals surface area contributed by atoms with Crippen molar-refractivity contribution < 1.29 is 26.3 Å². The molecule has 0 amide bonds. The maximum atomic E-state index is 12.1. The molecule has 0 aliphatic carbocycles. The van der Waals surface area contributed by atoms with Gasteiger partial charge in [-0.25, -0.2) is 19.9 Å². The lowest BCUT2D eigenvalue weighted by molar-refractivity contribution is -0.145. The van der Waals surface area contributed by atoms with Crippen LogP contribution in [0.15, 0.2) is 0 Å². The largest absolute Gasteiger partial charge is 0.451 e. The molecule has 0 saturated carbocycles. The topological polar surface area (TPSA) is 104 Å². The number of aryl methyl sites for hydroxylation is 1. The fraction of sp³-hybridized carbons (Fsp3) is 0.273. The standard InChI is InChI=1S/C6H5ClF3N3.C5H2Cl2F3N3/c1-2-3(11)4(7)13-5(12-2)6(8,9)10;6-2-1(11)3(7)13-4(12-2)5(8,9)10/h11H2,1H3;11H2. The molecule has 0 aliphatic rings. The Hall–Kier alpha value is -1.79. The summed E-state index contributed by atoms with van der Waals surface area (Å²) in [4.78, 5) is 12.0. The second kappa shape index (κ2) is 7.84. The zero-order chi connectivity index (χ0) is 20.4. The van der Waals surface area contributed by atoms with E-state index >= 15 is 0 Å². The lowest BCUT2D eigenvalue weighted by Crippen LogP contribution is -2.13. The van der Waals surface area contributed by atoms with Crippen molar-refractivity contribution in [2.24, 2.45) is 0 Å². The third-order valence-corrected chi connectivity index (χ3v) is 3.31. The van der Waals surface area contributed by atoms with E-state index in [2.05, 4.69) is 19.9 Å². The molecule has 2 aromatic heterocycles. The first-order valence-corrected chi connectivity index (χ1v) is 7.20. The molecule has 0 fully saturated rings. The lowest BCUT2D eigenvalue weighted by atomic mass is 10.4. The highest BCUT2D eigenvalue weighted by atomic mass is 35.5. The molecule has 15 heteroatoms. The zero-order valence-electron chi connectivity index (χ0n) is 12.3. The van der Waals surface area contributed by atoms with Gasteiger partial charge >= 0.3 is 12.4 Å². The van der Waals surface area contributed by atoms with Crippen LogP contribution in [0.4, 0.5) is 37.7 Å². The van der Waals surface area contributed by atoms with Crippen molar-refractivity contribution in [3.63, 3.8) is 0 Å². The van der Waals surface area contributed by atoms with Gasteiger partial charge in [-0.1, -0.05) is 34.8 Å². The van der Waals surface area contributed by atoms with Gasteiger partial charge in [0.15, 0.2) is 15.5 Å². The Morgan fingerprint density at radius 2 is 0.962 bits per heavy atom. The number of nitrogens with zero attached hydrogens (tertiary/aromatic N) is 4. The van der Waals surface area contributed by atoms with Crippen LogP contribution in [0, 0.1) is 6.92 Å². The summed E-state index contributed by atoms with van der Waals surface area (Å²) in [6.07, 6.45) is -9.27. The van der Waals surface area contributed by atoms with Gasteiger partial charge in [0.2, 0.25) is 11.6 Å². The van der Waals surface area contributed by atoms with Gasteiger partial charge in [-0.2, -0.15) is 26.3 Å². The molecular weight excluding hydrogens is 437 g/mol. The SMILES string of the molecule is Cc1nc(C(F)(F)F)nc(Cl)c1N.Nc1c(Cl)nc(C(F)(F)F)nc1Cl. The molecule has 2 heterocycles. The van der Waals surface area contributed by atoms with Crippen LogP contribution in [-0.4, -0.2) is 19.9 Å². The molecule has 0 atom stereocenters. The Balaban J connectivity index is 0.000000260. The number of hydrogen-bond acceptors (Lipinski definition) is 6. The van der Waals surface area contributed by atoms with E-state index < -0.39 is 34.3 Å².